The highest BCUT2D eigenvalue weighted by atomic mass is 35.5. The van der Waals surface area contributed by atoms with Crippen molar-refractivity contribution in [3.05, 3.63) is 65.2 Å². The summed E-state index contributed by atoms with van der Waals surface area (Å²) in [4.78, 5) is 10.7. The zero-order valence-electron chi connectivity index (χ0n) is 10.4. The Bertz CT molecular complexity index is 645. The van der Waals surface area contributed by atoms with Crippen LogP contribution in [0.1, 0.15) is 12.5 Å². The lowest BCUT2D eigenvalue weighted by Crippen LogP contribution is -1.90. The van der Waals surface area contributed by atoms with Crippen molar-refractivity contribution in [1.29, 1.82) is 0 Å². The molecule has 0 unspecified atom stereocenters. The van der Waals surface area contributed by atoms with Crippen molar-refractivity contribution < 1.29 is 9.90 Å². The highest BCUT2D eigenvalue weighted by Crippen LogP contribution is 2.25. The first-order valence-corrected chi connectivity index (χ1v) is 6.21. The van der Waals surface area contributed by atoms with Crippen LogP contribution in [0.15, 0.2) is 54.6 Å². The molecule has 19 heavy (non-hydrogen) atoms. The molecule has 0 heterocycles. The molecule has 3 heteroatoms. The zero-order chi connectivity index (χ0) is 13.8. The molecule has 0 aliphatic heterocycles. The van der Waals surface area contributed by atoms with Crippen molar-refractivity contribution in [2.75, 3.05) is 0 Å². The largest absolute Gasteiger partial charge is 0.478 e. The monoisotopic (exact) mass is 272 g/mol. The van der Waals surface area contributed by atoms with Gasteiger partial charge in [-0.3, -0.25) is 0 Å². The molecule has 2 aromatic rings. The van der Waals surface area contributed by atoms with Gasteiger partial charge in [-0.25, -0.2) is 4.79 Å². The first kappa shape index (κ1) is 13.4. The fourth-order valence-corrected chi connectivity index (χ4v) is 2.07. The number of halogens is 1. The smallest absolute Gasteiger partial charge is 0.328 e. The summed E-state index contributed by atoms with van der Waals surface area (Å²) in [5.41, 5.74) is 3.63. The van der Waals surface area contributed by atoms with Crippen LogP contribution < -0.4 is 0 Å². The molecule has 2 aromatic carbocycles. The minimum absolute atomic E-state index is 0.681. The highest BCUT2D eigenvalue weighted by Gasteiger charge is 2.02. The lowest BCUT2D eigenvalue weighted by Gasteiger charge is -2.06. The summed E-state index contributed by atoms with van der Waals surface area (Å²) in [6, 6.07) is 15.3. The summed E-state index contributed by atoms with van der Waals surface area (Å²) < 4.78 is 0. The van der Waals surface area contributed by atoms with Gasteiger partial charge in [0.2, 0.25) is 0 Å². The number of carboxylic acids is 1. The van der Waals surface area contributed by atoms with Crippen molar-refractivity contribution in [2.45, 2.75) is 6.92 Å². The van der Waals surface area contributed by atoms with Crippen molar-refractivity contribution in [3.63, 3.8) is 0 Å². The average molecular weight is 273 g/mol. The van der Waals surface area contributed by atoms with E-state index in [1.807, 2.05) is 48.5 Å². The predicted octanol–water partition coefficient (Wildman–Crippen LogP) is 4.49. The Morgan fingerprint density at radius 1 is 1.11 bits per heavy atom. The van der Waals surface area contributed by atoms with E-state index in [4.69, 9.17) is 16.7 Å². The summed E-state index contributed by atoms with van der Waals surface area (Å²) >= 11 is 5.98. The Hall–Kier alpha value is -2.06. The Kier molecular flexibility index (Phi) is 4.03. The van der Waals surface area contributed by atoms with E-state index >= 15 is 0 Å². The number of hydrogen-bond acceptors (Lipinski definition) is 1. The minimum atomic E-state index is -0.939. The first-order chi connectivity index (χ1) is 9.06. The summed E-state index contributed by atoms with van der Waals surface area (Å²) in [7, 11) is 0. The van der Waals surface area contributed by atoms with E-state index in [9.17, 15) is 4.79 Å². The lowest BCUT2D eigenvalue weighted by atomic mass is 10.00. The van der Waals surface area contributed by atoms with Gasteiger partial charge in [0, 0.05) is 11.1 Å². The van der Waals surface area contributed by atoms with Gasteiger partial charge >= 0.3 is 5.97 Å². The van der Waals surface area contributed by atoms with Crippen LogP contribution in [-0.4, -0.2) is 11.1 Å². The maximum atomic E-state index is 10.7. The second-order valence-electron chi connectivity index (χ2n) is 4.26. The normalized spacial score (nSPS) is 11.4. The molecule has 0 amide bonds. The molecule has 96 valence electrons. The van der Waals surface area contributed by atoms with Gasteiger partial charge in [-0.2, -0.15) is 0 Å². The molecular weight excluding hydrogens is 260 g/mol. The molecule has 2 rings (SSSR count). The van der Waals surface area contributed by atoms with Crippen LogP contribution in [0, 0.1) is 0 Å². The molecule has 0 aliphatic rings. The van der Waals surface area contributed by atoms with Gasteiger partial charge < -0.3 is 5.11 Å². The maximum absolute atomic E-state index is 10.7. The molecule has 2 nitrogen and oxygen atoms in total. The number of aliphatic carboxylic acids is 1. The van der Waals surface area contributed by atoms with Crippen LogP contribution in [0.2, 0.25) is 5.02 Å². The van der Waals surface area contributed by atoms with Gasteiger partial charge in [-0.1, -0.05) is 41.9 Å². The van der Waals surface area contributed by atoms with Crippen molar-refractivity contribution in [2.24, 2.45) is 0 Å². The van der Waals surface area contributed by atoms with Crippen LogP contribution >= 0.6 is 11.6 Å². The molecule has 0 aliphatic carbocycles. The molecular formula is C16H13ClO2. The van der Waals surface area contributed by atoms with Crippen LogP contribution in [0.4, 0.5) is 0 Å². The summed E-state index contributed by atoms with van der Waals surface area (Å²) in [6.45, 7) is 1.78. The Morgan fingerprint density at radius 3 is 2.37 bits per heavy atom. The lowest BCUT2D eigenvalue weighted by molar-refractivity contribution is -0.131. The van der Waals surface area contributed by atoms with Crippen LogP contribution in [0.3, 0.4) is 0 Å². The van der Waals surface area contributed by atoms with Gasteiger partial charge in [0.15, 0.2) is 0 Å². The summed E-state index contributed by atoms with van der Waals surface area (Å²) in [5.74, 6) is -0.939. The van der Waals surface area contributed by atoms with Crippen LogP contribution in [0.25, 0.3) is 16.7 Å². The third kappa shape index (κ3) is 3.46. The minimum Gasteiger partial charge on any atom is -0.478 e. The van der Waals surface area contributed by atoms with E-state index in [1.165, 1.54) is 6.08 Å². The molecule has 0 atom stereocenters. The zero-order valence-corrected chi connectivity index (χ0v) is 11.2. The second kappa shape index (κ2) is 5.72. The van der Waals surface area contributed by atoms with E-state index in [-0.39, 0.29) is 0 Å². The van der Waals surface area contributed by atoms with Crippen molar-refractivity contribution >= 4 is 23.1 Å². The molecule has 0 aromatic heterocycles. The number of rotatable bonds is 3. The fourth-order valence-electron chi connectivity index (χ4n) is 1.88. The van der Waals surface area contributed by atoms with Crippen LogP contribution in [-0.2, 0) is 4.79 Å². The topological polar surface area (TPSA) is 37.3 Å². The Morgan fingerprint density at radius 2 is 1.74 bits per heavy atom. The Labute approximate surface area is 117 Å². The number of allylic oxidation sites excluding steroid dienone is 1. The third-order valence-corrected chi connectivity index (χ3v) is 3.05. The fraction of sp³-hybridized carbons (Fsp3) is 0.0625. The quantitative estimate of drug-likeness (QED) is 0.836. The summed E-state index contributed by atoms with van der Waals surface area (Å²) in [5, 5.41) is 9.46. The molecule has 1 N–H and O–H groups in total. The number of carbonyl (C=O) groups is 1. The molecule has 0 spiro atoms. The van der Waals surface area contributed by atoms with E-state index < -0.39 is 5.97 Å². The average Bonchev–Trinajstić information content (AvgIpc) is 2.38. The van der Waals surface area contributed by atoms with E-state index in [0.29, 0.717) is 5.02 Å². The maximum Gasteiger partial charge on any atom is 0.328 e. The first-order valence-electron chi connectivity index (χ1n) is 5.84. The van der Waals surface area contributed by atoms with E-state index in [0.717, 1.165) is 22.3 Å². The molecule has 0 fully saturated rings. The Balaban J connectivity index is 2.42. The van der Waals surface area contributed by atoms with Crippen LogP contribution in [0.5, 0.6) is 0 Å². The molecule has 0 saturated heterocycles. The molecule has 0 radical (unpaired) electrons. The van der Waals surface area contributed by atoms with Gasteiger partial charge in [0.1, 0.15) is 0 Å². The number of carboxylic acid groups (broad SMARTS) is 1. The van der Waals surface area contributed by atoms with Gasteiger partial charge in [-0.15, -0.1) is 0 Å². The summed E-state index contributed by atoms with van der Waals surface area (Å²) in [6.07, 6.45) is 1.21. The third-order valence-electron chi connectivity index (χ3n) is 2.82. The van der Waals surface area contributed by atoms with Crippen molar-refractivity contribution in [1.82, 2.24) is 0 Å². The van der Waals surface area contributed by atoms with Crippen molar-refractivity contribution in [3.8, 4) is 11.1 Å². The SMILES string of the molecule is C/C(=C\C(=O)O)c1cccc(-c2cccc(Cl)c2)c1. The predicted molar refractivity (Wildman–Crippen MR) is 78.2 cm³/mol. The second-order valence-corrected chi connectivity index (χ2v) is 4.69. The molecule has 0 bridgehead atoms. The van der Waals surface area contributed by atoms with Gasteiger partial charge in [0.05, 0.1) is 0 Å². The van der Waals surface area contributed by atoms with Gasteiger partial charge in [-0.05, 0) is 47.4 Å². The highest BCUT2D eigenvalue weighted by molar-refractivity contribution is 6.30. The number of benzene rings is 2. The van der Waals surface area contributed by atoms with E-state index in [2.05, 4.69) is 0 Å². The standard InChI is InChI=1S/C16H13ClO2/c1-11(8-16(18)19)12-4-2-5-13(9-12)14-6-3-7-15(17)10-14/h2-10H,1H3,(H,18,19)/b11-8+. The number of hydrogen-bond donors (Lipinski definition) is 1. The molecule has 0 saturated carbocycles. The van der Waals surface area contributed by atoms with Gasteiger partial charge in [0.25, 0.3) is 0 Å². The van der Waals surface area contributed by atoms with E-state index in [1.54, 1.807) is 6.92 Å².